The highest BCUT2D eigenvalue weighted by Crippen LogP contribution is 2.11. The molecule has 60 valence electrons. The SMILES string of the molecule is CN(C)c1nc(B(O)O)cs1. The highest BCUT2D eigenvalue weighted by atomic mass is 32.1. The second-order valence-electron chi connectivity index (χ2n) is 2.32. The van der Waals surface area contributed by atoms with Crippen LogP contribution in [-0.2, 0) is 0 Å². The minimum absolute atomic E-state index is 0.304. The van der Waals surface area contributed by atoms with Crippen LogP contribution in [0.25, 0.3) is 0 Å². The summed E-state index contributed by atoms with van der Waals surface area (Å²) >= 11 is 1.38. The molecule has 0 aliphatic rings. The third-order valence-electron chi connectivity index (χ3n) is 1.16. The molecule has 0 aromatic carbocycles. The van der Waals surface area contributed by atoms with Crippen molar-refractivity contribution in [3.63, 3.8) is 0 Å². The molecule has 0 radical (unpaired) electrons. The van der Waals surface area contributed by atoms with Crippen molar-refractivity contribution >= 4 is 29.2 Å². The fourth-order valence-electron chi connectivity index (χ4n) is 0.600. The summed E-state index contributed by atoms with van der Waals surface area (Å²) in [5.41, 5.74) is 0.304. The molecule has 0 saturated heterocycles. The number of nitrogens with zero attached hydrogens (tertiary/aromatic N) is 2. The van der Waals surface area contributed by atoms with E-state index < -0.39 is 7.12 Å². The highest BCUT2D eigenvalue weighted by Gasteiger charge is 2.15. The summed E-state index contributed by atoms with van der Waals surface area (Å²) in [5.74, 6) is 0. The molecular weight excluding hydrogens is 163 g/mol. The predicted molar refractivity (Wildman–Crippen MR) is 46.3 cm³/mol. The number of rotatable bonds is 2. The van der Waals surface area contributed by atoms with Gasteiger partial charge in [-0.3, -0.25) is 0 Å². The summed E-state index contributed by atoms with van der Waals surface area (Å²) in [5, 5.41) is 19.8. The van der Waals surface area contributed by atoms with Crippen LogP contribution in [-0.4, -0.2) is 36.2 Å². The number of thiazole rings is 1. The molecule has 11 heavy (non-hydrogen) atoms. The Morgan fingerprint density at radius 3 is 2.45 bits per heavy atom. The Morgan fingerprint density at radius 2 is 2.18 bits per heavy atom. The molecule has 2 N–H and O–H groups in total. The molecule has 6 heteroatoms. The summed E-state index contributed by atoms with van der Waals surface area (Å²) in [6.07, 6.45) is 0. The molecule has 0 aliphatic carbocycles. The van der Waals surface area contributed by atoms with E-state index in [1.165, 1.54) is 11.3 Å². The predicted octanol–water partition coefficient (Wildman–Crippen LogP) is -1.11. The number of anilines is 1. The van der Waals surface area contributed by atoms with Crippen LogP contribution in [0.1, 0.15) is 0 Å². The van der Waals surface area contributed by atoms with E-state index in [-0.39, 0.29) is 0 Å². The van der Waals surface area contributed by atoms with Crippen LogP contribution in [0.2, 0.25) is 0 Å². The van der Waals surface area contributed by atoms with E-state index in [1.54, 1.807) is 5.38 Å². The van der Waals surface area contributed by atoms with E-state index in [1.807, 2.05) is 19.0 Å². The molecule has 0 saturated carbocycles. The summed E-state index contributed by atoms with van der Waals surface area (Å²) in [7, 11) is 2.25. The van der Waals surface area contributed by atoms with Gasteiger partial charge in [-0.1, -0.05) is 0 Å². The van der Waals surface area contributed by atoms with Gasteiger partial charge in [0.2, 0.25) is 0 Å². The third kappa shape index (κ3) is 1.92. The molecule has 1 heterocycles. The average Bonchev–Trinajstić information content (AvgIpc) is 2.33. The minimum atomic E-state index is -1.46. The molecular formula is C5H9BN2O2S. The zero-order chi connectivity index (χ0) is 8.43. The lowest BCUT2D eigenvalue weighted by molar-refractivity contribution is 0.424. The molecule has 1 rings (SSSR count). The van der Waals surface area contributed by atoms with E-state index in [0.29, 0.717) is 5.59 Å². The van der Waals surface area contributed by atoms with E-state index in [0.717, 1.165) is 5.13 Å². The maximum Gasteiger partial charge on any atom is 0.509 e. The first kappa shape index (κ1) is 8.51. The Hall–Kier alpha value is -0.585. The van der Waals surface area contributed by atoms with Gasteiger partial charge in [0.25, 0.3) is 0 Å². The van der Waals surface area contributed by atoms with Crippen LogP contribution in [0.4, 0.5) is 5.13 Å². The molecule has 1 aromatic rings. The molecule has 0 unspecified atom stereocenters. The van der Waals surface area contributed by atoms with Crippen molar-refractivity contribution in [2.24, 2.45) is 0 Å². The van der Waals surface area contributed by atoms with Crippen molar-refractivity contribution in [2.75, 3.05) is 19.0 Å². The first-order valence-electron chi connectivity index (χ1n) is 3.10. The van der Waals surface area contributed by atoms with Gasteiger partial charge in [-0.15, -0.1) is 11.3 Å². The van der Waals surface area contributed by atoms with Crippen molar-refractivity contribution in [3.8, 4) is 0 Å². The first-order chi connectivity index (χ1) is 5.11. The zero-order valence-electron chi connectivity index (χ0n) is 6.35. The Balaban J connectivity index is 2.82. The van der Waals surface area contributed by atoms with Gasteiger partial charge in [-0.05, 0) is 0 Å². The monoisotopic (exact) mass is 172 g/mol. The van der Waals surface area contributed by atoms with Crippen molar-refractivity contribution in [2.45, 2.75) is 0 Å². The van der Waals surface area contributed by atoms with E-state index in [4.69, 9.17) is 10.0 Å². The molecule has 0 atom stereocenters. The largest absolute Gasteiger partial charge is 0.509 e. The Bertz CT molecular complexity index is 216. The van der Waals surface area contributed by atoms with Crippen LogP contribution in [0.5, 0.6) is 0 Å². The Labute approximate surface area is 69.3 Å². The highest BCUT2D eigenvalue weighted by molar-refractivity contribution is 7.14. The van der Waals surface area contributed by atoms with Crippen LogP contribution >= 0.6 is 11.3 Å². The lowest BCUT2D eigenvalue weighted by Gasteiger charge is -2.05. The topological polar surface area (TPSA) is 56.6 Å². The van der Waals surface area contributed by atoms with Gasteiger partial charge in [0.05, 0.1) is 5.59 Å². The average molecular weight is 172 g/mol. The van der Waals surface area contributed by atoms with Crippen molar-refractivity contribution in [3.05, 3.63) is 5.38 Å². The van der Waals surface area contributed by atoms with Gasteiger partial charge < -0.3 is 14.9 Å². The molecule has 1 aromatic heterocycles. The van der Waals surface area contributed by atoms with Crippen LogP contribution in [0, 0.1) is 0 Å². The molecule has 4 nitrogen and oxygen atoms in total. The second kappa shape index (κ2) is 3.21. The molecule has 0 fully saturated rings. The van der Waals surface area contributed by atoms with Crippen molar-refractivity contribution in [1.82, 2.24) is 4.98 Å². The maximum absolute atomic E-state index is 8.70. The fourth-order valence-corrected chi connectivity index (χ4v) is 1.37. The quantitative estimate of drug-likeness (QED) is 0.555. The van der Waals surface area contributed by atoms with Crippen LogP contribution in [0.3, 0.4) is 0 Å². The van der Waals surface area contributed by atoms with Crippen molar-refractivity contribution in [1.29, 1.82) is 0 Å². The molecule has 0 bridgehead atoms. The summed E-state index contributed by atoms with van der Waals surface area (Å²) in [4.78, 5) is 5.77. The van der Waals surface area contributed by atoms with Crippen LogP contribution < -0.4 is 10.5 Å². The molecule has 0 spiro atoms. The third-order valence-corrected chi connectivity index (χ3v) is 2.18. The van der Waals surface area contributed by atoms with Crippen LogP contribution in [0.15, 0.2) is 5.38 Å². The van der Waals surface area contributed by atoms with Gasteiger partial charge in [-0.2, -0.15) is 0 Å². The number of aromatic nitrogens is 1. The Kier molecular flexibility index (Phi) is 2.48. The van der Waals surface area contributed by atoms with Gasteiger partial charge >= 0.3 is 7.12 Å². The minimum Gasteiger partial charge on any atom is -0.422 e. The normalized spacial score (nSPS) is 9.82. The number of hydrogen-bond donors (Lipinski definition) is 2. The number of hydrogen-bond acceptors (Lipinski definition) is 5. The lowest BCUT2D eigenvalue weighted by Crippen LogP contribution is -2.31. The summed E-state index contributed by atoms with van der Waals surface area (Å²) in [6.45, 7) is 0. The van der Waals surface area contributed by atoms with Gasteiger partial charge in [0.1, 0.15) is 0 Å². The smallest absolute Gasteiger partial charge is 0.422 e. The van der Waals surface area contributed by atoms with E-state index >= 15 is 0 Å². The second-order valence-corrected chi connectivity index (χ2v) is 3.16. The lowest BCUT2D eigenvalue weighted by atomic mass is 9.88. The maximum atomic E-state index is 8.70. The van der Waals surface area contributed by atoms with Crippen molar-refractivity contribution < 1.29 is 10.0 Å². The molecule has 0 amide bonds. The van der Waals surface area contributed by atoms with E-state index in [2.05, 4.69) is 4.98 Å². The zero-order valence-corrected chi connectivity index (χ0v) is 7.17. The van der Waals surface area contributed by atoms with Gasteiger partial charge in [-0.25, -0.2) is 4.98 Å². The standard InChI is InChI=1S/C5H9BN2O2S/c1-8(2)5-7-4(3-11-5)6(9)10/h3,9-10H,1-2H3. The van der Waals surface area contributed by atoms with Gasteiger partial charge in [0, 0.05) is 19.5 Å². The fraction of sp³-hybridized carbons (Fsp3) is 0.400. The summed E-state index contributed by atoms with van der Waals surface area (Å²) < 4.78 is 0. The van der Waals surface area contributed by atoms with Gasteiger partial charge in [0.15, 0.2) is 5.13 Å². The Morgan fingerprint density at radius 1 is 1.55 bits per heavy atom. The molecule has 0 aliphatic heterocycles. The summed E-state index contributed by atoms with van der Waals surface area (Å²) in [6, 6.07) is 0. The van der Waals surface area contributed by atoms with E-state index in [9.17, 15) is 0 Å². The first-order valence-corrected chi connectivity index (χ1v) is 3.98.